The second kappa shape index (κ2) is 8.78. The van der Waals surface area contributed by atoms with E-state index in [1.165, 1.54) is 6.20 Å². The molecule has 0 bridgehead atoms. The summed E-state index contributed by atoms with van der Waals surface area (Å²) in [5, 5.41) is 0. The van der Waals surface area contributed by atoms with E-state index in [4.69, 9.17) is 10.7 Å². The summed E-state index contributed by atoms with van der Waals surface area (Å²) in [6.07, 6.45) is 0.969. The van der Waals surface area contributed by atoms with Crippen LogP contribution >= 0.6 is 0 Å². The highest BCUT2D eigenvalue weighted by atomic mass is 19.4. The Morgan fingerprint density at radius 3 is 2.38 bits per heavy atom. The minimum atomic E-state index is -4.56. The third-order valence-corrected chi connectivity index (χ3v) is 7.82. The molecule has 5 rings (SSSR count). The summed E-state index contributed by atoms with van der Waals surface area (Å²) in [5.41, 5.74) is 5.38. The number of alkyl halides is 4. The van der Waals surface area contributed by atoms with Gasteiger partial charge in [-0.2, -0.15) is 13.2 Å². The van der Waals surface area contributed by atoms with Gasteiger partial charge in [-0.25, -0.2) is 14.4 Å². The number of anilines is 1. The monoisotopic (exact) mass is 480 g/mol. The van der Waals surface area contributed by atoms with Gasteiger partial charge in [0.2, 0.25) is 0 Å². The zero-order valence-electron chi connectivity index (χ0n) is 19.6. The average molecular weight is 481 g/mol. The first kappa shape index (κ1) is 23.5. The maximum atomic E-state index is 13.3. The Balaban J connectivity index is 1.30. The highest BCUT2D eigenvalue weighted by Gasteiger charge is 2.58. The van der Waals surface area contributed by atoms with Gasteiger partial charge in [-0.05, 0) is 30.7 Å². The largest absolute Gasteiger partial charge is 0.419 e. The highest BCUT2D eigenvalue weighted by Crippen LogP contribution is 2.62. The first-order valence-corrected chi connectivity index (χ1v) is 12.1. The average Bonchev–Trinajstić information content (AvgIpc) is 3.14. The number of halogens is 4. The first-order valence-electron chi connectivity index (χ1n) is 12.1. The normalized spacial score (nSPS) is 28.0. The molecular weight excluding hydrogens is 448 g/mol. The summed E-state index contributed by atoms with van der Waals surface area (Å²) in [7, 11) is 0. The van der Waals surface area contributed by atoms with Crippen LogP contribution in [0.25, 0.3) is 11.3 Å². The molecule has 0 spiro atoms. The van der Waals surface area contributed by atoms with E-state index < -0.39 is 17.6 Å². The van der Waals surface area contributed by atoms with Crippen LogP contribution in [0.15, 0.2) is 18.5 Å². The number of fused-ring (bicyclic) bond motifs is 1. The van der Waals surface area contributed by atoms with E-state index >= 15 is 0 Å². The lowest BCUT2D eigenvalue weighted by Crippen LogP contribution is -2.50. The number of hydrogen-bond acceptors (Lipinski definition) is 5. The topological polar surface area (TPSA) is 63.2 Å². The molecule has 2 unspecified atom stereocenters. The second-order valence-corrected chi connectivity index (χ2v) is 10.2. The van der Waals surface area contributed by atoms with E-state index in [9.17, 15) is 17.6 Å². The molecule has 34 heavy (non-hydrogen) atoms. The number of rotatable bonds is 6. The number of aromatic nitrogens is 3. The summed E-state index contributed by atoms with van der Waals surface area (Å²) < 4.78 is 54.8. The number of piperazine rings is 1. The third-order valence-electron chi connectivity index (χ3n) is 7.82. The maximum absolute atomic E-state index is 13.3. The standard InChI is InChI=1S/C24H32F4N6/c1-14(2)23-31-20(15-9-19(24(26,27)28)22(29)30-12-15)13-34(23)21-17-10-16(11-18(17)21)33-7-5-32(4-3-25)6-8-33/h9,12-14,16-18,21H,3-8,10-11H2,1-2H3,(H2,29,30)/t16?,17-,18+,21?. The van der Waals surface area contributed by atoms with Gasteiger partial charge in [0, 0.05) is 68.7 Å². The maximum Gasteiger partial charge on any atom is 0.419 e. The van der Waals surface area contributed by atoms with Gasteiger partial charge in [0.15, 0.2) is 0 Å². The summed E-state index contributed by atoms with van der Waals surface area (Å²) >= 11 is 0. The Kier molecular flexibility index (Phi) is 6.08. The van der Waals surface area contributed by atoms with Gasteiger partial charge in [-0.1, -0.05) is 13.8 Å². The molecule has 3 fully saturated rings. The van der Waals surface area contributed by atoms with Gasteiger partial charge in [0.25, 0.3) is 0 Å². The molecule has 2 aromatic rings. The molecule has 4 atom stereocenters. The predicted molar refractivity (Wildman–Crippen MR) is 122 cm³/mol. The zero-order valence-corrected chi connectivity index (χ0v) is 19.6. The summed E-state index contributed by atoms with van der Waals surface area (Å²) in [6, 6.07) is 1.97. The Bertz CT molecular complexity index is 1010. The SMILES string of the molecule is CC(C)c1nc(-c2cnc(N)c(C(F)(F)F)c2)cn1C1[C@H]2CC(N3CCN(CCF)CC3)C[C@@H]12. The number of pyridine rings is 1. The lowest BCUT2D eigenvalue weighted by atomic mass is 10.1. The van der Waals surface area contributed by atoms with E-state index in [1.807, 2.05) is 6.20 Å². The zero-order chi connectivity index (χ0) is 24.2. The van der Waals surface area contributed by atoms with Gasteiger partial charge >= 0.3 is 6.18 Å². The van der Waals surface area contributed by atoms with Gasteiger partial charge in [-0.15, -0.1) is 0 Å². The van der Waals surface area contributed by atoms with Crippen molar-refractivity contribution in [3.8, 4) is 11.3 Å². The van der Waals surface area contributed by atoms with Crippen LogP contribution in [0.1, 0.15) is 50.0 Å². The van der Waals surface area contributed by atoms with Crippen LogP contribution in [0.4, 0.5) is 23.4 Å². The molecule has 10 heteroatoms. The predicted octanol–water partition coefficient (Wildman–Crippen LogP) is 4.21. The van der Waals surface area contributed by atoms with E-state index in [1.54, 1.807) is 0 Å². The van der Waals surface area contributed by atoms with Crippen molar-refractivity contribution < 1.29 is 17.6 Å². The molecule has 3 aliphatic rings. The lowest BCUT2D eigenvalue weighted by molar-refractivity contribution is -0.137. The number of nitrogen functional groups attached to an aromatic ring is 1. The van der Waals surface area contributed by atoms with Crippen molar-refractivity contribution in [1.82, 2.24) is 24.3 Å². The van der Waals surface area contributed by atoms with Crippen molar-refractivity contribution in [1.29, 1.82) is 0 Å². The van der Waals surface area contributed by atoms with E-state index in [0.717, 1.165) is 50.9 Å². The Morgan fingerprint density at radius 2 is 1.79 bits per heavy atom. The number of nitrogens with two attached hydrogens (primary N) is 1. The highest BCUT2D eigenvalue weighted by molar-refractivity contribution is 5.62. The first-order chi connectivity index (χ1) is 16.2. The Hall–Kier alpha value is -2.20. The summed E-state index contributed by atoms with van der Waals surface area (Å²) in [5.74, 6) is 1.68. The number of hydrogen-bond donors (Lipinski definition) is 1. The quantitative estimate of drug-likeness (QED) is 0.628. The van der Waals surface area contributed by atoms with Crippen molar-refractivity contribution >= 4 is 5.82 Å². The Labute approximate surface area is 197 Å². The van der Waals surface area contributed by atoms with Crippen molar-refractivity contribution in [2.24, 2.45) is 11.8 Å². The molecule has 3 heterocycles. The second-order valence-electron chi connectivity index (χ2n) is 10.2. The van der Waals surface area contributed by atoms with Gasteiger partial charge in [0.1, 0.15) is 18.3 Å². The van der Waals surface area contributed by atoms with Crippen LogP contribution in [-0.4, -0.2) is 69.8 Å². The summed E-state index contributed by atoms with van der Waals surface area (Å²) in [4.78, 5) is 13.2. The molecule has 2 aliphatic carbocycles. The number of imidazole rings is 1. The van der Waals surface area contributed by atoms with E-state index in [-0.39, 0.29) is 12.6 Å². The molecule has 2 N–H and O–H groups in total. The van der Waals surface area contributed by atoms with Gasteiger partial charge in [0.05, 0.1) is 11.3 Å². The number of nitrogens with zero attached hydrogens (tertiary/aromatic N) is 5. The molecule has 1 aliphatic heterocycles. The van der Waals surface area contributed by atoms with Crippen LogP contribution in [0, 0.1) is 11.8 Å². The smallest absolute Gasteiger partial charge is 0.383 e. The third kappa shape index (κ3) is 4.30. The molecule has 0 radical (unpaired) electrons. The van der Waals surface area contributed by atoms with Crippen LogP contribution in [0.2, 0.25) is 0 Å². The fraction of sp³-hybridized carbons (Fsp3) is 0.667. The summed E-state index contributed by atoms with van der Waals surface area (Å²) in [6.45, 7) is 8.20. The van der Waals surface area contributed by atoms with E-state index in [2.05, 4.69) is 33.2 Å². The fourth-order valence-electron chi connectivity index (χ4n) is 6.02. The van der Waals surface area contributed by atoms with Crippen LogP contribution in [0.3, 0.4) is 0 Å². The minimum absolute atomic E-state index is 0.151. The molecule has 2 saturated carbocycles. The van der Waals surface area contributed by atoms with Crippen molar-refractivity contribution in [2.75, 3.05) is 45.1 Å². The van der Waals surface area contributed by atoms with Crippen molar-refractivity contribution in [2.45, 2.75) is 50.9 Å². The molecule has 0 aromatic carbocycles. The van der Waals surface area contributed by atoms with Crippen LogP contribution in [-0.2, 0) is 6.18 Å². The molecule has 186 valence electrons. The molecule has 2 aromatic heterocycles. The van der Waals surface area contributed by atoms with Gasteiger partial charge < -0.3 is 10.3 Å². The molecular formula is C24H32F4N6. The van der Waals surface area contributed by atoms with Crippen molar-refractivity contribution in [3.05, 3.63) is 29.8 Å². The molecule has 6 nitrogen and oxygen atoms in total. The van der Waals surface area contributed by atoms with Crippen LogP contribution in [0.5, 0.6) is 0 Å². The van der Waals surface area contributed by atoms with E-state index in [0.29, 0.717) is 41.7 Å². The van der Waals surface area contributed by atoms with Gasteiger partial charge in [-0.3, -0.25) is 9.80 Å². The minimum Gasteiger partial charge on any atom is -0.383 e. The molecule has 1 saturated heterocycles. The Morgan fingerprint density at radius 1 is 1.12 bits per heavy atom. The fourth-order valence-corrected chi connectivity index (χ4v) is 6.02. The molecule has 0 amide bonds. The van der Waals surface area contributed by atoms with Crippen molar-refractivity contribution in [3.63, 3.8) is 0 Å². The lowest BCUT2D eigenvalue weighted by Gasteiger charge is -2.38. The van der Waals surface area contributed by atoms with Crippen LogP contribution < -0.4 is 5.73 Å².